The molecule has 1 aromatic rings. The molecule has 0 fully saturated rings. The van der Waals surface area contributed by atoms with Crippen LogP contribution in [0.2, 0.25) is 0 Å². The summed E-state index contributed by atoms with van der Waals surface area (Å²) in [5.74, 6) is -1.07. The van der Waals surface area contributed by atoms with Gasteiger partial charge < -0.3 is 5.11 Å². The zero-order valence-electron chi connectivity index (χ0n) is 7.44. The Morgan fingerprint density at radius 1 is 1.62 bits per heavy atom. The molecule has 0 saturated carbocycles. The number of nitrogens with zero attached hydrogens (tertiary/aromatic N) is 2. The molecule has 0 aliphatic carbocycles. The Hall–Kier alpha value is -1.65. The van der Waals surface area contributed by atoms with Gasteiger partial charge in [-0.3, -0.25) is 9.59 Å². The molecule has 0 unspecified atom stereocenters. The Morgan fingerprint density at radius 2 is 2.23 bits per heavy atom. The maximum atomic E-state index is 11.3. The van der Waals surface area contributed by atoms with Crippen molar-refractivity contribution in [1.29, 1.82) is 0 Å². The van der Waals surface area contributed by atoms with Gasteiger partial charge in [0.1, 0.15) is 6.54 Å². The van der Waals surface area contributed by atoms with Gasteiger partial charge in [-0.1, -0.05) is 0 Å². The first-order valence-electron chi connectivity index (χ1n) is 3.78. The van der Waals surface area contributed by atoms with Gasteiger partial charge >= 0.3 is 5.97 Å². The summed E-state index contributed by atoms with van der Waals surface area (Å²) in [5.41, 5.74) is 0.792. The van der Waals surface area contributed by atoms with E-state index in [-0.39, 0.29) is 12.1 Å². The Bertz CT molecular complexity index is 395. The number of rotatable bonds is 2. The Labute approximate surface area is 74.6 Å². The number of carboxylic acids is 1. The van der Waals surface area contributed by atoms with E-state index in [4.69, 9.17) is 5.11 Å². The molecule has 5 nitrogen and oxygen atoms in total. The number of aryl methyl sites for hydroxylation is 2. The molecule has 0 bridgehead atoms. The fourth-order valence-electron chi connectivity index (χ4n) is 1.08. The second kappa shape index (κ2) is 3.38. The third kappa shape index (κ3) is 2.14. The highest BCUT2D eigenvalue weighted by molar-refractivity contribution is 5.66. The van der Waals surface area contributed by atoms with Crippen LogP contribution in [0.5, 0.6) is 0 Å². The van der Waals surface area contributed by atoms with Crippen LogP contribution in [0.1, 0.15) is 11.3 Å². The lowest BCUT2D eigenvalue weighted by molar-refractivity contribution is -0.138. The Balaban J connectivity index is 3.21. The topological polar surface area (TPSA) is 72.2 Å². The minimum absolute atomic E-state index is 0.354. The van der Waals surface area contributed by atoms with Crippen molar-refractivity contribution in [2.75, 3.05) is 0 Å². The largest absolute Gasteiger partial charge is 0.480 e. The van der Waals surface area contributed by atoms with Crippen LogP contribution in [-0.4, -0.2) is 20.9 Å². The van der Waals surface area contributed by atoms with Gasteiger partial charge in [0.05, 0.1) is 5.69 Å². The molecule has 70 valence electrons. The number of hydrogen-bond acceptors (Lipinski definition) is 3. The SMILES string of the molecule is Cc1cc(C)c(=O)n(CC(=O)O)n1. The summed E-state index contributed by atoms with van der Waals surface area (Å²) in [7, 11) is 0. The third-order valence-corrected chi connectivity index (χ3v) is 1.56. The first-order chi connectivity index (χ1) is 6.00. The van der Waals surface area contributed by atoms with E-state index >= 15 is 0 Å². The quantitative estimate of drug-likeness (QED) is 0.695. The summed E-state index contributed by atoms with van der Waals surface area (Å²) in [6, 6.07) is 1.63. The highest BCUT2D eigenvalue weighted by Gasteiger charge is 2.05. The van der Waals surface area contributed by atoms with Crippen LogP contribution in [0.15, 0.2) is 10.9 Å². The molecule has 5 heteroatoms. The van der Waals surface area contributed by atoms with Crippen molar-refractivity contribution in [2.24, 2.45) is 0 Å². The monoisotopic (exact) mass is 182 g/mol. The summed E-state index contributed by atoms with van der Waals surface area (Å²) in [6.45, 7) is 2.96. The molecular weight excluding hydrogens is 172 g/mol. The van der Waals surface area contributed by atoms with Crippen molar-refractivity contribution in [3.63, 3.8) is 0 Å². The van der Waals surface area contributed by atoms with E-state index in [0.717, 1.165) is 4.68 Å². The van der Waals surface area contributed by atoms with E-state index in [0.29, 0.717) is 11.3 Å². The first kappa shape index (κ1) is 9.44. The molecule has 1 heterocycles. The van der Waals surface area contributed by atoms with E-state index < -0.39 is 5.97 Å². The highest BCUT2D eigenvalue weighted by atomic mass is 16.4. The van der Waals surface area contributed by atoms with Gasteiger partial charge in [0, 0.05) is 5.56 Å². The van der Waals surface area contributed by atoms with E-state index in [2.05, 4.69) is 5.10 Å². The second-order valence-electron chi connectivity index (χ2n) is 2.83. The van der Waals surface area contributed by atoms with Crippen molar-refractivity contribution in [1.82, 2.24) is 9.78 Å². The first-order valence-corrected chi connectivity index (χ1v) is 3.78. The zero-order chi connectivity index (χ0) is 10.0. The van der Waals surface area contributed by atoms with Gasteiger partial charge in [-0.25, -0.2) is 4.68 Å². The third-order valence-electron chi connectivity index (χ3n) is 1.56. The molecule has 0 aromatic carbocycles. The molecule has 1 aromatic heterocycles. The van der Waals surface area contributed by atoms with Crippen molar-refractivity contribution in [2.45, 2.75) is 20.4 Å². The number of carboxylic acid groups (broad SMARTS) is 1. The predicted molar refractivity (Wildman–Crippen MR) is 45.6 cm³/mol. The summed E-state index contributed by atoms with van der Waals surface area (Å²) in [6.07, 6.45) is 0. The fraction of sp³-hybridized carbons (Fsp3) is 0.375. The predicted octanol–water partition coefficient (Wildman–Crippen LogP) is -0.0553. The van der Waals surface area contributed by atoms with Crippen LogP contribution in [0.3, 0.4) is 0 Å². The van der Waals surface area contributed by atoms with Gasteiger partial charge in [-0.05, 0) is 19.9 Å². The molecule has 13 heavy (non-hydrogen) atoms. The lowest BCUT2D eigenvalue weighted by Crippen LogP contribution is -2.28. The smallest absolute Gasteiger partial charge is 0.325 e. The summed E-state index contributed by atoms with van der Waals surface area (Å²) < 4.78 is 0.951. The molecular formula is C8H10N2O3. The fourth-order valence-corrected chi connectivity index (χ4v) is 1.08. The van der Waals surface area contributed by atoms with Crippen LogP contribution in [0.4, 0.5) is 0 Å². The van der Waals surface area contributed by atoms with Gasteiger partial charge in [0.25, 0.3) is 5.56 Å². The molecule has 0 aliphatic rings. The van der Waals surface area contributed by atoms with Gasteiger partial charge in [0.2, 0.25) is 0 Å². The normalized spacial score (nSPS) is 10.0. The standard InChI is InChI=1S/C8H10N2O3/c1-5-3-6(2)9-10(8(5)13)4-7(11)12/h3H,4H2,1-2H3,(H,11,12). The minimum Gasteiger partial charge on any atom is -0.480 e. The Morgan fingerprint density at radius 3 is 2.77 bits per heavy atom. The van der Waals surface area contributed by atoms with Crippen LogP contribution in [-0.2, 0) is 11.3 Å². The molecule has 0 radical (unpaired) electrons. The molecule has 0 amide bonds. The maximum Gasteiger partial charge on any atom is 0.325 e. The van der Waals surface area contributed by atoms with Crippen LogP contribution in [0, 0.1) is 13.8 Å². The molecule has 0 saturated heterocycles. The highest BCUT2D eigenvalue weighted by Crippen LogP contribution is 1.92. The molecule has 1 rings (SSSR count). The molecule has 0 spiro atoms. The average molecular weight is 182 g/mol. The summed E-state index contributed by atoms with van der Waals surface area (Å²) >= 11 is 0. The Kier molecular flexibility index (Phi) is 2.46. The lowest BCUT2D eigenvalue weighted by atomic mass is 10.3. The van der Waals surface area contributed by atoms with E-state index in [9.17, 15) is 9.59 Å². The average Bonchev–Trinajstić information content (AvgIpc) is 1.98. The summed E-state index contributed by atoms with van der Waals surface area (Å²) in [4.78, 5) is 21.6. The maximum absolute atomic E-state index is 11.3. The number of aliphatic carboxylic acids is 1. The van der Waals surface area contributed by atoms with Gasteiger partial charge in [-0.2, -0.15) is 5.10 Å². The lowest BCUT2D eigenvalue weighted by Gasteiger charge is -2.02. The number of hydrogen-bond donors (Lipinski definition) is 1. The van der Waals surface area contributed by atoms with Crippen LogP contribution < -0.4 is 5.56 Å². The zero-order valence-corrected chi connectivity index (χ0v) is 7.44. The van der Waals surface area contributed by atoms with Crippen molar-refractivity contribution < 1.29 is 9.90 Å². The van der Waals surface area contributed by atoms with Gasteiger partial charge in [0.15, 0.2) is 0 Å². The van der Waals surface area contributed by atoms with Crippen molar-refractivity contribution >= 4 is 5.97 Å². The summed E-state index contributed by atoms with van der Waals surface area (Å²) in [5, 5.41) is 12.3. The molecule has 1 N–H and O–H groups in total. The van der Waals surface area contributed by atoms with Crippen LogP contribution >= 0.6 is 0 Å². The van der Waals surface area contributed by atoms with Crippen molar-refractivity contribution in [3.05, 3.63) is 27.7 Å². The second-order valence-corrected chi connectivity index (χ2v) is 2.83. The number of carbonyl (C=O) groups is 1. The van der Waals surface area contributed by atoms with Gasteiger partial charge in [-0.15, -0.1) is 0 Å². The van der Waals surface area contributed by atoms with Crippen LogP contribution in [0.25, 0.3) is 0 Å². The van der Waals surface area contributed by atoms with E-state index in [1.165, 1.54) is 0 Å². The van der Waals surface area contributed by atoms with Crippen molar-refractivity contribution in [3.8, 4) is 0 Å². The van der Waals surface area contributed by atoms with E-state index in [1.807, 2.05) is 0 Å². The minimum atomic E-state index is -1.07. The molecule has 0 atom stereocenters. The molecule has 0 aliphatic heterocycles. The van der Waals surface area contributed by atoms with E-state index in [1.54, 1.807) is 19.9 Å². The number of aromatic nitrogens is 2.